The fourth-order valence-electron chi connectivity index (χ4n) is 1.86. The molecule has 0 spiro atoms. The van der Waals surface area contributed by atoms with Crippen LogP contribution in [0.4, 0.5) is 11.4 Å². The minimum absolute atomic E-state index is 0.0389. The number of anilines is 1. The van der Waals surface area contributed by atoms with Crippen molar-refractivity contribution in [3.63, 3.8) is 0 Å². The molecule has 0 aliphatic heterocycles. The van der Waals surface area contributed by atoms with Crippen LogP contribution in [0.15, 0.2) is 18.2 Å². The summed E-state index contributed by atoms with van der Waals surface area (Å²) in [5, 5.41) is 22.7. The van der Waals surface area contributed by atoms with Crippen molar-refractivity contribution in [2.75, 3.05) is 5.32 Å². The summed E-state index contributed by atoms with van der Waals surface area (Å²) in [5.41, 5.74) is 1.28. The molecule has 1 unspecified atom stereocenters. The number of nitrogens with one attached hydrogen (secondary N) is 1. The maximum atomic E-state index is 11.1. The van der Waals surface area contributed by atoms with Gasteiger partial charge < -0.3 is 10.4 Å². The summed E-state index contributed by atoms with van der Waals surface area (Å²) in [5.74, 6) is -0.787. The molecule has 2 N–H and O–H groups in total. The van der Waals surface area contributed by atoms with Crippen LogP contribution in [-0.2, 0) is 4.79 Å². The molecule has 1 saturated carbocycles. The van der Waals surface area contributed by atoms with Crippen molar-refractivity contribution >= 4 is 17.3 Å². The van der Waals surface area contributed by atoms with Crippen molar-refractivity contribution in [2.45, 2.75) is 25.8 Å². The number of carboxylic acid groups (broad SMARTS) is 1. The smallest absolute Gasteiger partial charge is 0.326 e. The Kier molecular flexibility index (Phi) is 3.18. The molecule has 0 heterocycles. The summed E-state index contributed by atoms with van der Waals surface area (Å²) < 4.78 is 0. The number of aliphatic carboxylic acids is 1. The molecule has 1 aliphatic rings. The Hall–Kier alpha value is -2.11. The topological polar surface area (TPSA) is 92.5 Å². The van der Waals surface area contributed by atoms with Gasteiger partial charge in [-0.2, -0.15) is 0 Å². The summed E-state index contributed by atoms with van der Waals surface area (Å²) in [6.45, 7) is 1.79. The van der Waals surface area contributed by atoms with Gasteiger partial charge in [0, 0.05) is 17.8 Å². The van der Waals surface area contributed by atoms with E-state index in [1.807, 2.05) is 0 Å². The zero-order valence-corrected chi connectivity index (χ0v) is 9.92. The molecule has 1 aliphatic carbocycles. The first-order valence-electron chi connectivity index (χ1n) is 5.73. The predicted molar refractivity (Wildman–Crippen MR) is 65.6 cm³/mol. The van der Waals surface area contributed by atoms with Crippen LogP contribution in [-0.4, -0.2) is 22.0 Å². The number of nitrogens with zero attached hydrogens (tertiary/aromatic N) is 1. The minimum Gasteiger partial charge on any atom is -0.480 e. The van der Waals surface area contributed by atoms with Crippen molar-refractivity contribution in [3.8, 4) is 0 Å². The maximum absolute atomic E-state index is 11.1. The van der Waals surface area contributed by atoms with Crippen LogP contribution < -0.4 is 5.32 Å². The highest BCUT2D eigenvalue weighted by molar-refractivity contribution is 5.79. The quantitative estimate of drug-likeness (QED) is 0.617. The van der Waals surface area contributed by atoms with Gasteiger partial charge in [0.25, 0.3) is 5.69 Å². The monoisotopic (exact) mass is 250 g/mol. The largest absolute Gasteiger partial charge is 0.480 e. The van der Waals surface area contributed by atoms with Crippen LogP contribution in [0.2, 0.25) is 0 Å². The Morgan fingerprint density at radius 2 is 2.22 bits per heavy atom. The number of nitro benzene ring substituents is 1. The fraction of sp³-hybridized carbons (Fsp3) is 0.417. The van der Waals surface area contributed by atoms with Gasteiger partial charge >= 0.3 is 5.97 Å². The normalized spacial score (nSPS) is 16.1. The van der Waals surface area contributed by atoms with Gasteiger partial charge in [0.2, 0.25) is 0 Å². The van der Waals surface area contributed by atoms with E-state index in [0.717, 1.165) is 18.4 Å². The number of carboxylic acids is 1. The maximum Gasteiger partial charge on any atom is 0.326 e. The molecule has 1 aromatic carbocycles. The van der Waals surface area contributed by atoms with Crippen molar-refractivity contribution < 1.29 is 14.8 Å². The third-order valence-corrected chi connectivity index (χ3v) is 3.10. The zero-order valence-electron chi connectivity index (χ0n) is 9.92. The Bertz CT molecular complexity index is 497. The van der Waals surface area contributed by atoms with E-state index in [-0.39, 0.29) is 11.6 Å². The van der Waals surface area contributed by atoms with Gasteiger partial charge in [-0.1, -0.05) is 6.07 Å². The summed E-state index contributed by atoms with van der Waals surface area (Å²) in [6.07, 6.45) is 1.77. The Morgan fingerprint density at radius 1 is 1.56 bits per heavy atom. The second kappa shape index (κ2) is 4.64. The molecular formula is C12H14N2O4. The third-order valence-electron chi connectivity index (χ3n) is 3.10. The number of hydrogen-bond donors (Lipinski definition) is 2. The number of nitro groups is 1. The van der Waals surface area contributed by atoms with Crippen LogP contribution >= 0.6 is 0 Å². The summed E-state index contributed by atoms with van der Waals surface area (Å²) >= 11 is 0. The van der Waals surface area contributed by atoms with Gasteiger partial charge in [0.1, 0.15) is 6.04 Å². The molecule has 0 aromatic heterocycles. The number of aryl methyl sites for hydroxylation is 1. The first-order chi connectivity index (χ1) is 8.49. The molecule has 1 atom stereocenters. The van der Waals surface area contributed by atoms with E-state index in [0.29, 0.717) is 5.69 Å². The molecule has 2 rings (SSSR count). The molecule has 18 heavy (non-hydrogen) atoms. The summed E-state index contributed by atoms with van der Waals surface area (Å²) in [7, 11) is 0. The van der Waals surface area contributed by atoms with E-state index in [1.54, 1.807) is 13.0 Å². The number of benzene rings is 1. The lowest BCUT2D eigenvalue weighted by Crippen LogP contribution is -2.31. The first kappa shape index (κ1) is 12.3. The van der Waals surface area contributed by atoms with Crippen LogP contribution in [0.1, 0.15) is 18.4 Å². The second-order valence-corrected chi connectivity index (χ2v) is 4.55. The molecule has 0 radical (unpaired) electrons. The van der Waals surface area contributed by atoms with E-state index >= 15 is 0 Å². The lowest BCUT2D eigenvalue weighted by Gasteiger charge is -2.16. The Balaban J connectivity index is 2.23. The number of rotatable bonds is 5. The van der Waals surface area contributed by atoms with Crippen molar-refractivity contribution in [1.82, 2.24) is 0 Å². The van der Waals surface area contributed by atoms with Gasteiger partial charge in [-0.25, -0.2) is 4.79 Å². The molecule has 6 nitrogen and oxygen atoms in total. The van der Waals surface area contributed by atoms with Crippen LogP contribution in [0.25, 0.3) is 0 Å². The first-order valence-corrected chi connectivity index (χ1v) is 5.73. The van der Waals surface area contributed by atoms with Gasteiger partial charge in [0.15, 0.2) is 0 Å². The van der Waals surface area contributed by atoms with E-state index < -0.39 is 16.9 Å². The van der Waals surface area contributed by atoms with Crippen molar-refractivity contribution in [3.05, 3.63) is 33.9 Å². The average Bonchev–Trinajstić information content (AvgIpc) is 3.11. The highest BCUT2D eigenvalue weighted by atomic mass is 16.6. The molecular weight excluding hydrogens is 236 g/mol. The third kappa shape index (κ3) is 2.58. The number of non-ortho nitro benzene ring substituents is 1. The molecule has 1 aromatic rings. The molecule has 96 valence electrons. The Labute approximate surface area is 104 Å². The van der Waals surface area contributed by atoms with Gasteiger partial charge in [-0.05, 0) is 31.2 Å². The lowest BCUT2D eigenvalue weighted by molar-refractivity contribution is -0.384. The zero-order chi connectivity index (χ0) is 13.3. The van der Waals surface area contributed by atoms with Crippen LogP contribution in [0, 0.1) is 23.0 Å². The molecule has 0 bridgehead atoms. The number of hydrogen-bond acceptors (Lipinski definition) is 4. The fourth-order valence-corrected chi connectivity index (χ4v) is 1.86. The average molecular weight is 250 g/mol. The predicted octanol–water partition coefficient (Wildman–Crippen LogP) is 2.18. The Morgan fingerprint density at radius 3 is 2.72 bits per heavy atom. The highest BCUT2D eigenvalue weighted by Crippen LogP contribution is 2.35. The van der Waals surface area contributed by atoms with E-state index in [1.165, 1.54) is 12.1 Å². The SMILES string of the molecule is Cc1ccc([N+](=O)[O-])cc1NC(C(=O)O)C1CC1. The standard InChI is InChI=1S/C12H14N2O4/c1-7-2-5-9(14(17)18)6-10(7)13-11(12(15)16)8-3-4-8/h2,5-6,8,11,13H,3-4H2,1H3,(H,15,16). The minimum atomic E-state index is -0.914. The van der Waals surface area contributed by atoms with Crippen molar-refractivity contribution in [2.24, 2.45) is 5.92 Å². The lowest BCUT2D eigenvalue weighted by atomic mass is 10.1. The van der Waals surface area contributed by atoms with Gasteiger partial charge in [-0.3, -0.25) is 10.1 Å². The molecule has 0 amide bonds. The molecule has 0 saturated heterocycles. The van der Waals surface area contributed by atoms with E-state index in [9.17, 15) is 14.9 Å². The second-order valence-electron chi connectivity index (χ2n) is 4.55. The van der Waals surface area contributed by atoms with Crippen LogP contribution in [0.3, 0.4) is 0 Å². The van der Waals surface area contributed by atoms with Crippen molar-refractivity contribution in [1.29, 1.82) is 0 Å². The number of carbonyl (C=O) groups is 1. The summed E-state index contributed by atoms with van der Waals surface area (Å²) in [6, 6.07) is 3.75. The van der Waals surface area contributed by atoms with E-state index in [4.69, 9.17) is 5.11 Å². The molecule has 6 heteroatoms. The van der Waals surface area contributed by atoms with E-state index in [2.05, 4.69) is 5.32 Å². The highest BCUT2D eigenvalue weighted by Gasteiger charge is 2.36. The van der Waals surface area contributed by atoms with Crippen LogP contribution in [0.5, 0.6) is 0 Å². The van der Waals surface area contributed by atoms with Gasteiger partial charge in [-0.15, -0.1) is 0 Å². The molecule has 1 fully saturated rings. The van der Waals surface area contributed by atoms with Gasteiger partial charge in [0.05, 0.1) is 4.92 Å². The summed E-state index contributed by atoms with van der Waals surface area (Å²) in [4.78, 5) is 21.3.